The van der Waals surface area contributed by atoms with Crippen LogP contribution in [-0.2, 0) is 11.3 Å². The molecular weight excluding hydrogens is 299 g/mol. The van der Waals surface area contributed by atoms with Crippen LogP contribution in [0.1, 0.15) is 15.9 Å². The van der Waals surface area contributed by atoms with Gasteiger partial charge in [0.25, 0.3) is 11.7 Å². The predicted molar refractivity (Wildman–Crippen MR) is 76.2 cm³/mol. The van der Waals surface area contributed by atoms with Crippen molar-refractivity contribution in [1.82, 2.24) is 4.98 Å². The number of hydrogen-bond acceptors (Lipinski definition) is 3. The van der Waals surface area contributed by atoms with Gasteiger partial charge in [0, 0.05) is 17.4 Å². The lowest BCUT2D eigenvalue weighted by Gasteiger charge is -2.17. The molecule has 0 bridgehead atoms. The average molecular weight is 307 g/mol. The molecule has 0 atom stereocenters. The van der Waals surface area contributed by atoms with Gasteiger partial charge in [-0.1, -0.05) is 23.2 Å². The van der Waals surface area contributed by atoms with Crippen molar-refractivity contribution in [1.29, 1.82) is 0 Å². The van der Waals surface area contributed by atoms with Crippen LogP contribution in [0.15, 0.2) is 36.7 Å². The fourth-order valence-corrected chi connectivity index (χ4v) is 2.47. The summed E-state index contributed by atoms with van der Waals surface area (Å²) < 4.78 is 0. The first-order valence-electron chi connectivity index (χ1n) is 5.82. The molecule has 1 aliphatic heterocycles. The van der Waals surface area contributed by atoms with Crippen LogP contribution in [0.5, 0.6) is 0 Å². The van der Waals surface area contributed by atoms with Crippen LogP contribution in [0.3, 0.4) is 0 Å². The lowest BCUT2D eigenvalue weighted by atomic mass is 10.1. The van der Waals surface area contributed by atoms with Gasteiger partial charge in [0.2, 0.25) is 0 Å². The quantitative estimate of drug-likeness (QED) is 0.801. The molecule has 1 aromatic heterocycles. The highest BCUT2D eigenvalue weighted by Gasteiger charge is 2.36. The Kier molecular flexibility index (Phi) is 3.20. The van der Waals surface area contributed by atoms with Crippen molar-refractivity contribution in [2.45, 2.75) is 6.54 Å². The number of carbonyl (C=O) groups is 2. The fraction of sp³-hybridized carbons (Fsp3) is 0.0714. The Hall–Kier alpha value is -1.91. The summed E-state index contributed by atoms with van der Waals surface area (Å²) in [5.41, 5.74) is 1.60. The minimum absolute atomic E-state index is 0.208. The van der Waals surface area contributed by atoms with Crippen molar-refractivity contribution >= 4 is 40.6 Å². The molecule has 0 unspecified atom stereocenters. The molecule has 4 nitrogen and oxygen atoms in total. The van der Waals surface area contributed by atoms with E-state index < -0.39 is 11.7 Å². The Bertz CT molecular complexity index is 731. The van der Waals surface area contributed by atoms with Gasteiger partial charge in [0.15, 0.2) is 0 Å². The molecular formula is C14H8Cl2N2O2. The summed E-state index contributed by atoms with van der Waals surface area (Å²) in [4.78, 5) is 29.2. The summed E-state index contributed by atoms with van der Waals surface area (Å²) in [6.07, 6.45) is 3.08. The Morgan fingerprint density at radius 1 is 1.15 bits per heavy atom. The molecule has 1 aromatic carbocycles. The number of hydrogen-bond donors (Lipinski definition) is 0. The van der Waals surface area contributed by atoms with E-state index in [0.29, 0.717) is 21.3 Å². The third-order valence-corrected chi connectivity index (χ3v) is 3.69. The number of ketones is 1. The molecule has 0 fully saturated rings. The zero-order valence-electron chi connectivity index (χ0n) is 10.1. The van der Waals surface area contributed by atoms with E-state index >= 15 is 0 Å². The number of Topliss-reactive ketones (excluding diaryl/α,β-unsaturated/α-hetero) is 1. The second kappa shape index (κ2) is 4.89. The van der Waals surface area contributed by atoms with Crippen molar-refractivity contribution in [3.05, 3.63) is 57.8 Å². The maximum atomic E-state index is 12.1. The number of carbonyl (C=O) groups excluding carboxylic acids is 2. The van der Waals surface area contributed by atoms with Crippen molar-refractivity contribution in [3.63, 3.8) is 0 Å². The number of fused-ring (bicyclic) bond motifs is 1. The lowest BCUT2D eigenvalue weighted by molar-refractivity contribution is -0.114. The molecule has 2 aromatic rings. The largest absolute Gasteiger partial charge is 0.300 e. The summed E-state index contributed by atoms with van der Waals surface area (Å²) in [5, 5.41) is 0.917. The molecule has 1 aliphatic rings. The van der Waals surface area contributed by atoms with Gasteiger partial charge in [-0.05, 0) is 29.8 Å². The van der Waals surface area contributed by atoms with E-state index in [1.807, 2.05) is 0 Å². The van der Waals surface area contributed by atoms with Crippen LogP contribution in [0, 0.1) is 0 Å². The fourth-order valence-electron chi connectivity index (χ4n) is 2.13. The molecule has 3 rings (SSSR count). The number of halogens is 2. The third kappa shape index (κ3) is 2.07. The number of benzene rings is 1. The zero-order chi connectivity index (χ0) is 14.3. The highest BCUT2D eigenvalue weighted by molar-refractivity contribution is 6.52. The van der Waals surface area contributed by atoms with Gasteiger partial charge < -0.3 is 4.90 Å². The van der Waals surface area contributed by atoms with Gasteiger partial charge in [0.1, 0.15) is 0 Å². The number of rotatable bonds is 2. The first-order chi connectivity index (χ1) is 9.58. The maximum Gasteiger partial charge on any atom is 0.299 e. The number of nitrogens with zero attached hydrogens (tertiary/aromatic N) is 2. The van der Waals surface area contributed by atoms with E-state index in [0.717, 1.165) is 5.56 Å². The van der Waals surface area contributed by atoms with Crippen LogP contribution in [0.2, 0.25) is 10.0 Å². The third-order valence-electron chi connectivity index (χ3n) is 3.12. The van der Waals surface area contributed by atoms with Crippen molar-refractivity contribution in [3.8, 4) is 0 Å². The monoisotopic (exact) mass is 306 g/mol. The Balaban J connectivity index is 2.03. The summed E-state index contributed by atoms with van der Waals surface area (Å²) in [5.74, 6) is -1.10. The molecule has 0 saturated heterocycles. The van der Waals surface area contributed by atoms with Gasteiger partial charge in [-0.25, -0.2) is 0 Å². The lowest BCUT2D eigenvalue weighted by Crippen LogP contribution is -2.29. The summed E-state index contributed by atoms with van der Waals surface area (Å²) in [6.45, 7) is 0.208. The Morgan fingerprint density at radius 3 is 2.70 bits per heavy atom. The van der Waals surface area contributed by atoms with Crippen LogP contribution in [0.25, 0.3) is 0 Å². The highest BCUT2D eigenvalue weighted by Crippen LogP contribution is 2.33. The summed E-state index contributed by atoms with van der Waals surface area (Å²) in [7, 11) is 0. The van der Waals surface area contributed by atoms with E-state index in [1.54, 1.807) is 30.5 Å². The molecule has 6 heteroatoms. The number of amides is 1. The van der Waals surface area contributed by atoms with E-state index in [-0.39, 0.29) is 6.54 Å². The number of aromatic nitrogens is 1. The molecule has 0 aliphatic carbocycles. The molecule has 100 valence electrons. The molecule has 0 N–H and O–H groups in total. The smallest absolute Gasteiger partial charge is 0.299 e. The summed E-state index contributed by atoms with van der Waals surface area (Å²) in [6, 6.07) is 6.47. The molecule has 0 saturated carbocycles. The van der Waals surface area contributed by atoms with Gasteiger partial charge >= 0.3 is 0 Å². The van der Waals surface area contributed by atoms with Gasteiger partial charge in [-0.15, -0.1) is 0 Å². The maximum absolute atomic E-state index is 12.1. The average Bonchev–Trinajstić information content (AvgIpc) is 2.66. The normalized spacial score (nSPS) is 13.8. The van der Waals surface area contributed by atoms with Crippen molar-refractivity contribution in [2.75, 3.05) is 4.90 Å². The molecule has 2 heterocycles. The van der Waals surface area contributed by atoms with Crippen molar-refractivity contribution in [2.24, 2.45) is 0 Å². The zero-order valence-corrected chi connectivity index (χ0v) is 11.6. The Morgan fingerprint density at radius 2 is 1.95 bits per heavy atom. The second-order valence-electron chi connectivity index (χ2n) is 4.35. The van der Waals surface area contributed by atoms with Crippen LogP contribution >= 0.6 is 23.2 Å². The highest BCUT2D eigenvalue weighted by atomic mass is 35.5. The van der Waals surface area contributed by atoms with E-state index in [9.17, 15) is 9.59 Å². The van der Waals surface area contributed by atoms with Gasteiger partial charge in [-0.2, -0.15) is 0 Å². The first-order valence-corrected chi connectivity index (χ1v) is 6.57. The number of anilines is 1. The van der Waals surface area contributed by atoms with Crippen molar-refractivity contribution < 1.29 is 9.59 Å². The molecule has 1 amide bonds. The minimum Gasteiger partial charge on any atom is -0.300 e. The van der Waals surface area contributed by atoms with Gasteiger partial charge in [0.05, 0.1) is 22.8 Å². The minimum atomic E-state index is -0.574. The molecule has 0 spiro atoms. The second-order valence-corrected chi connectivity index (χ2v) is 5.19. The number of pyridine rings is 1. The SMILES string of the molecule is O=C1C(=O)N(Cc2ccncc2Cl)c2cc(Cl)ccc21. The first kappa shape index (κ1) is 13.1. The van der Waals surface area contributed by atoms with Gasteiger partial charge in [-0.3, -0.25) is 14.6 Å². The standard InChI is InChI=1S/C14H8Cl2N2O2/c15-9-1-2-10-12(5-9)18(14(20)13(10)19)7-8-3-4-17-6-11(8)16/h1-6H,7H2. The van der Waals surface area contributed by atoms with E-state index in [2.05, 4.69) is 4.98 Å². The summed E-state index contributed by atoms with van der Waals surface area (Å²) >= 11 is 12.0. The molecule has 0 radical (unpaired) electrons. The van der Waals surface area contributed by atoms with E-state index in [4.69, 9.17) is 23.2 Å². The topological polar surface area (TPSA) is 50.3 Å². The van der Waals surface area contributed by atoms with Crippen LogP contribution < -0.4 is 4.90 Å². The van der Waals surface area contributed by atoms with E-state index in [1.165, 1.54) is 11.1 Å². The molecule has 20 heavy (non-hydrogen) atoms. The van der Waals surface area contributed by atoms with Crippen LogP contribution in [-0.4, -0.2) is 16.7 Å². The Labute approximate surface area is 124 Å². The predicted octanol–water partition coefficient (Wildman–Crippen LogP) is 3.12. The van der Waals surface area contributed by atoms with Crippen LogP contribution in [0.4, 0.5) is 5.69 Å².